The Morgan fingerprint density at radius 2 is 1.89 bits per heavy atom. The van der Waals surface area contributed by atoms with Crippen LogP contribution in [0.2, 0.25) is 10.0 Å². The highest BCUT2D eigenvalue weighted by Gasteiger charge is 2.31. The fourth-order valence-corrected chi connectivity index (χ4v) is 4.93. The van der Waals surface area contributed by atoms with Gasteiger partial charge in [0, 0.05) is 46.7 Å². The normalized spacial score (nSPS) is 16.6. The number of carbonyl (C=O) groups excluding carboxylic acids is 3. The van der Waals surface area contributed by atoms with Crippen LogP contribution in [0.3, 0.4) is 0 Å². The van der Waals surface area contributed by atoms with Gasteiger partial charge < -0.3 is 15.5 Å². The Morgan fingerprint density at radius 3 is 2.69 bits per heavy atom. The molecule has 3 aromatic rings. The van der Waals surface area contributed by atoms with E-state index in [-0.39, 0.29) is 24.1 Å². The van der Waals surface area contributed by atoms with Crippen molar-refractivity contribution in [2.45, 2.75) is 25.6 Å². The van der Waals surface area contributed by atoms with Gasteiger partial charge in [0.1, 0.15) is 0 Å². The highest BCUT2D eigenvalue weighted by atomic mass is 35.5. The quantitative estimate of drug-likeness (QED) is 0.529. The molecule has 3 aromatic carbocycles. The number of halogens is 2. The van der Waals surface area contributed by atoms with E-state index in [0.29, 0.717) is 40.0 Å². The van der Waals surface area contributed by atoms with Gasteiger partial charge in [-0.2, -0.15) is 0 Å². The van der Waals surface area contributed by atoms with E-state index in [9.17, 15) is 14.4 Å². The van der Waals surface area contributed by atoms with Crippen LogP contribution in [0.5, 0.6) is 0 Å². The number of hydrogen-bond acceptors (Lipinski definition) is 4. The Morgan fingerprint density at radius 1 is 1.08 bits per heavy atom. The van der Waals surface area contributed by atoms with Crippen molar-refractivity contribution in [1.29, 1.82) is 0 Å². The zero-order chi connectivity index (χ0) is 25.4. The molecule has 0 saturated heterocycles. The summed E-state index contributed by atoms with van der Waals surface area (Å²) in [7, 11) is 1.66. The van der Waals surface area contributed by atoms with Gasteiger partial charge in [-0.3, -0.25) is 14.4 Å². The van der Waals surface area contributed by atoms with Gasteiger partial charge in [-0.15, -0.1) is 0 Å². The van der Waals surface area contributed by atoms with Crippen LogP contribution in [0.4, 0.5) is 5.69 Å². The number of benzene rings is 3. The van der Waals surface area contributed by atoms with Gasteiger partial charge in [-0.05, 0) is 47.9 Å². The smallest absolute Gasteiger partial charge is 0.272 e. The molecule has 0 fully saturated rings. The van der Waals surface area contributed by atoms with Crippen LogP contribution in [0, 0.1) is 0 Å². The third-order valence-electron chi connectivity index (χ3n) is 6.34. The molecule has 3 amide bonds. The van der Waals surface area contributed by atoms with Crippen molar-refractivity contribution < 1.29 is 14.4 Å². The minimum atomic E-state index is -1.11. The lowest BCUT2D eigenvalue weighted by Crippen LogP contribution is -2.46. The third-order valence-corrected chi connectivity index (χ3v) is 6.93. The molecule has 36 heavy (non-hydrogen) atoms. The van der Waals surface area contributed by atoms with E-state index in [1.54, 1.807) is 31.3 Å². The summed E-state index contributed by atoms with van der Waals surface area (Å²) in [5.41, 5.74) is 5.04. The van der Waals surface area contributed by atoms with Crippen LogP contribution in [0.15, 0.2) is 65.7 Å². The average Bonchev–Trinajstić information content (AvgIpc) is 3.20. The van der Waals surface area contributed by atoms with Crippen LogP contribution in [-0.2, 0) is 22.6 Å². The lowest BCUT2D eigenvalue weighted by atomic mass is 9.97. The van der Waals surface area contributed by atoms with Gasteiger partial charge in [-0.25, -0.2) is 4.99 Å². The molecule has 5 rings (SSSR count). The molecule has 0 saturated carbocycles. The van der Waals surface area contributed by atoms with E-state index < -0.39 is 6.17 Å². The summed E-state index contributed by atoms with van der Waals surface area (Å²) < 4.78 is 0. The summed E-state index contributed by atoms with van der Waals surface area (Å²) in [6.45, 7) is 0.434. The van der Waals surface area contributed by atoms with Crippen LogP contribution in [-0.4, -0.2) is 36.6 Å². The molecule has 182 valence electrons. The van der Waals surface area contributed by atoms with Gasteiger partial charge in [0.2, 0.25) is 12.1 Å². The monoisotopic (exact) mass is 520 g/mol. The van der Waals surface area contributed by atoms with Gasteiger partial charge in [0.25, 0.3) is 11.8 Å². The van der Waals surface area contributed by atoms with Crippen LogP contribution in [0.25, 0.3) is 0 Å². The minimum absolute atomic E-state index is 0.111. The molecule has 9 heteroatoms. The molecule has 0 radical (unpaired) electrons. The number of hydrogen-bond donors (Lipinski definition) is 2. The molecule has 0 aromatic heterocycles. The van der Waals surface area contributed by atoms with Crippen molar-refractivity contribution in [3.05, 3.63) is 98.5 Å². The molecule has 2 aliphatic heterocycles. The lowest BCUT2D eigenvalue weighted by molar-refractivity contribution is -0.127. The fourth-order valence-electron chi connectivity index (χ4n) is 4.42. The number of carbonyl (C=O) groups is 3. The first-order valence-electron chi connectivity index (χ1n) is 11.4. The van der Waals surface area contributed by atoms with Crippen molar-refractivity contribution in [3.8, 4) is 0 Å². The van der Waals surface area contributed by atoms with E-state index >= 15 is 0 Å². The molecule has 7 nitrogen and oxygen atoms in total. The first kappa shape index (κ1) is 24.0. The van der Waals surface area contributed by atoms with E-state index in [1.807, 2.05) is 36.4 Å². The Bertz CT molecular complexity index is 1440. The standard InChI is InChI=1S/C27H22Cl2N4O3/c1-33-22-5-3-2-4-20(22)24(16-7-10-19-17(12-16)14-30-26(19)35)32-25(27(33)36)31-23(34)11-8-15-6-9-18(28)13-21(15)29/h2-7,9-10,12-13,25H,8,11,14H2,1H3,(H,30,35)(H,31,34). The summed E-state index contributed by atoms with van der Waals surface area (Å²) in [6.07, 6.45) is -0.598. The number of rotatable bonds is 5. The maximum Gasteiger partial charge on any atom is 0.272 e. The predicted octanol–water partition coefficient (Wildman–Crippen LogP) is 4.13. The van der Waals surface area contributed by atoms with Crippen molar-refractivity contribution in [1.82, 2.24) is 10.6 Å². The van der Waals surface area contributed by atoms with E-state index in [2.05, 4.69) is 10.6 Å². The van der Waals surface area contributed by atoms with Crippen LogP contribution < -0.4 is 15.5 Å². The number of fused-ring (bicyclic) bond motifs is 2. The Labute approximate surface area is 218 Å². The Hall–Kier alpha value is -3.68. The third kappa shape index (κ3) is 4.59. The SMILES string of the molecule is CN1C(=O)C(NC(=O)CCc2ccc(Cl)cc2Cl)N=C(c2ccc3c(c2)CNC3=O)c2ccccc21. The molecule has 1 atom stereocenters. The topological polar surface area (TPSA) is 90.9 Å². The summed E-state index contributed by atoms with van der Waals surface area (Å²) >= 11 is 12.2. The average molecular weight is 521 g/mol. The number of aliphatic imine (C=N–C) groups is 1. The Kier molecular flexibility index (Phi) is 6.51. The van der Waals surface area contributed by atoms with Gasteiger partial charge in [-0.1, -0.05) is 53.5 Å². The van der Waals surface area contributed by atoms with Gasteiger partial charge >= 0.3 is 0 Å². The number of benzodiazepines with no additional fused rings is 1. The number of aryl methyl sites for hydroxylation is 1. The first-order valence-corrected chi connectivity index (χ1v) is 12.2. The number of para-hydroxylation sites is 1. The van der Waals surface area contributed by atoms with Crippen molar-refractivity contribution >= 4 is 52.3 Å². The molecule has 0 bridgehead atoms. The summed E-state index contributed by atoms with van der Waals surface area (Å²) in [5.74, 6) is -0.792. The van der Waals surface area contributed by atoms with Crippen LogP contribution in [0.1, 0.15) is 39.0 Å². The number of nitrogens with one attached hydrogen (secondary N) is 2. The van der Waals surface area contributed by atoms with Crippen LogP contribution >= 0.6 is 23.2 Å². The highest BCUT2D eigenvalue weighted by molar-refractivity contribution is 6.35. The Balaban J connectivity index is 1.45. The zero-order valence-corrected chi connectivity index (χ0v) is 20.9. The lowest BCUT2D eigenvalue weighted by Gasteiger charge is -2.20. The first-order chi connectivity index (χ1) is 17.3. The second-order valence-electron chi connectivity index (χ2n) is 8.65. The molecular weight excluding hydrogens is 499 g/mol. The highest BCUT2D eigenvalue weighted by Crippen LogP contribution is 2.29. The molecule has 0 spiro atoms. The van der Waals surface area contributed by atoms with Crippen molar-refractivity contribution in [2.24, 2.45) is 4.99 Å². The predicted molar refractivity (Wildman–Crippen MR) is 140 cm³/mol. The fraction of sp³-hybridized carbons (Fsp3) is 0.185. The van der Waals surface area contributed by atoms with E-state index in [4.69, 9.17) is 28.2 Å². The van der Waals surface area contributed by atoms with Crippen molar-refractivity contribution in [3.63, 3.8) is 0 Å². The number of amides is 3. The summed E-state index contributed by atoms with van der Waals surface area (Å²) in [5, 5.41) is 6.60. The molecule has 2 aliphatic rings. The molecule has 2 N–H and O–H groups in total. The second kappa shape index (κ2) is 9.76. The van der Waals surface area contributed by atoms with Crippen molar-refractivity contribution in [2.75, 3.05) is 11.9 Å². The van der Waals surface area contributed by atoms with Gasteiger partial charge in [0.15, 0.2) is 0 Å². The van der Waals surface area contributed by atoms with Gasteiger partial charge in [0.05, 0.1) is 11.4 Å². The maximum absolute atomic E-state index is 13.3. The number of likely N-dealkylation sites (N-methyl/N-ethyl adjacent to an activating group) is 1. The minimum Gasteiger partial charge on any atom is -0.348 e. The number of nitrogens with zero attached hydrogens (tertiary/aromatic N) is 2. The summed E-state index contributed by atoms with van der Waals surface area (Å²) in [6, 6.07) is 18.1. The zero-order valence-electron chi connectivity index (χ0n) is 19.3. The largest absolute Gasteiger partial charge is 0.348 e. The molecular formula is C27H22Cl2N4O3. The molecule has 0 aliphatic carbocycles. The van der Waals surface area contributed by atoms with E-state index in [1.165, 1.54) is 4.90 Å². The molecule has 2 heterocycles. The van der Waals surface area contributed by atoms with E-state index in [0.717, 1.165) is 22.3 Å². The maximum atomic E-state index is 13.3. The summed E-state index contributed by atoms with van der Waals surface area (Å²) in [4.78, 5) is 44.4. The number of anilines is 1. The second-order valence-corrected chi connectivity index (χ2v) is 9.50. The molecule has 1 unspecified atom stereocenters.